The summed E-state index contributed by atoms with van der Waals surface area (Å²) in [5.74, 6) is -2.98. The third-order valence-corrected chi connectivity index (χ3v) is 9.76. The molecule has 6 rings (SSSR count). The molecule has 2 aromatic heterocycles. The van der Waals surface area contributed by atoms with Gasteiger partial charge in [0.2, 0.25) is 5.78 Å². The van der Waals surface area contributed by atoms with Crippen LogP contribution in [0.3, 0.4) is 0 Å². The Hall–Kier alpha value is -4.55. The molecule has 2 aliphatic heterocycles. The molecule has 0 spiro atoms. The zero-order valence-electron chi connectivity index (χ0n) is 30.2. The Bertz CT molecular complexity index is 1990. The number of fused-ring (bicyclic) bond motifs is 1. The number of ketones is 1. The van der Waals surface area contributed by atoms with E-state index in [9.17, 15) is 22.7 Å². The Morgan fingerprint density at radius 2 is 1.76 bits per heavy atom. The van der Waals surface area contributed by atoms with Gasteiger partial charge in [-0.2, -0.15) is 0 Å². The smallest absolute Gasteiger partial charge is 0.410 e. The van der Waals surface area contributed by atoms with Crippen molar-refractivity contribution in [3.8, 4) is 16.9 Å². The lowest BCUT2D eigenvalue weighted by Crippen LogP contribution is -2.50. The lowest BCUT2D eigenvalue weighted by molar-refractivity contribution is 0.0108. The van der Waals surface area contributed by atoms with Crippen molar-refractivity contribution in [2.75, 3.05) is 70.0 Å². The maximum Gasteiger partial charge on any atom is 0.410 e. The molecule has 13 nitrogen and oxygen atoms in total. The predicted molar refractivity (Wildman–Crippen MR) is 194 cm³/mol. The molecule has 17 heteroatoms. The summed E-state index contributed by atoms with van der Waals surface area (Å²) in [7, 11) is 0. The molecule has 1 amide bonds. The number of rotatable bonds is 13. The first-order chi connectivity index (χ1) is 25.8. The minimum atomic E-state index is -3.07. The Balaban J connectivity index is 1.03. The van der Waals surface area contributed by atoms with Gasteiger partial charge in [0.1, 0.15) is 41.3 Å². The molecule has 2 fully saturated rings. The Morgan fingerprint density at radius 3 is 2.43 bits per heavy atom. The number of hydrogen-bond acceptors (Lipinski definition) is 10. The topological polar surface area (TPSA) is 144 Å². The van der Waals surface area contributed by atoms with Crippen molar-refractivity contribution in [3.05, 3.63) is 77.6 Å². The van der Waals surface area contributed by atoms with E-state index in [0.29, 0.717) is 59.7 Å². The second-order valence-corrected chi connectivity index (χ2v) is 14.8. The van der Waals surface area contributed by atoms with Crippen molar-refractivity contribution in [3.63, 3.8) is 0 Å². The highest BCUT2D eigenvalue weighted by molar-refractivity contribution is 7.80. The van der Waals surface area contributed by atoms with Crippen LogP contribution in [0.25, 0.3) is 22.2 Å². The fourth-order valence-electron chi connectivity index (χ4n) is 6.31. The summed E-state index contributed by atoms with van der Waals surface area (Å²) in [6, 6.07) is 10.6. The number of amides is 1. The van der Waals surface area contributed by atoms with E-state index in [1.165, 1.54) is 6.20 Å². The van der Waals surface area contributed by atoms with Gasteiger partial charge in [0.25, 0.3) is 0 Å². The minimum Gasteiger partial charge on any atom is -0.754 e. The van der Waals surface area contributed by atoms with Crippen LogP contribution in [-0.2, 0) is 20.7 Å². The summed E-state index contributed by atoms with van der Waals surface area (Å²) in [5.41, 5.74) is -0.476. The molecule has 4 heterocycles. The average Bonchev–Trinajstić information content (AvgIpc) is 3.76. The highest BCUT2D eigenvalue weighted by atomic mass is 32.2. The number of aromatic nitrogens is 2. The van der Waals surface area contributed by atoms with Crippen molar-refractivity contribution in [2.24, 2.45) is 0 Å². The summed E-state index contributed by atoms with van der Waals surface area (Å²) in [6.07, 6.45) is 1.31. The normalized spacial score (nSPS) is 17.5. The number of hydrazine groups is 1. The van der Waals surface area contributed by atoms with Gasteiger partial charge in [-0.15, -0.1) is 0 Å². The Kier molecular flexibility index (Phi) is 12.2. The Labute approximate surface area is 313 Å². The molecule has 1 unspecified atom stereocenters. The summed E-state index contributed by atoms with van der Waals surface area (Å²) >= 11 is -3.07. The van der Waals surface area contributed by atoms with Crippen LogP contribution in [0, 0.1) is 11.6 Å². The predicted octanol–water partition coefficient (Wildman–Crippen LogP) is 5.25. The van der Waals surface area contributed by atoms with Crippen molar-refractivity contribution in [2.45, 2.75) is 39.0 Å². The van der Waals surface area contributed by atoms with Gasteiger partial charge in [0, 0.05) is 68.2 Å². The number of carbonyl (C=O) groups is 2. The number of H-pyrrole nitrogens is 1. The third-order valence-electron chi connectivity index (χ3n) is 9.05. The van der Waals surface area contributed by atoms with E-state index in [-0.39, 0.29) is 31.2 Å². The van der Waals surface area contributed by atoms with Crippen LogP contribution in [-0.4, -0.2) is 123 Å². The van der Waals surface area contributed by atoms with Gasteiger partial charge in [0.15, 0.2) is 5.82 Å². The first-order valence-corrected chi connectivity index (χ1v) is 18.6. The molecular formula is C37H42F3N6O7S-. The largest absolute Gasteiger partial charge is 0.754 e. The fourth-order valence-corrected chi connectivity index (χ4v) is 6.95. The first kappa shape index (κ1) is 39.2. The number of nitrogens with zero attached hydrogens (tertiary/aromatic N) is 5. The van der Waals surface area contributed by atoms with Gasteiger partial charge in [-0.3, -0.25) is 13.9 Å². The molecule has 1 N–H and O–H groups in total. The molecule has 2 aromatic carbocycles. The van der Waals surface area contributed by atoms with Crippen LogP contribution < -0.4 is 9.15 Å². The maximum atomic E-state index is 15.9. The van der Waals surface area contributed by atoms with Crippen LogP contribution >= 0.6 is 0 Å². The zero-order valence-corrected chi connectivity index (χ0v) is 31.0. The number of alkyl halides is 1. The average molecular weight is 772 g/mol. The lowest BCUT2D eigenvalue weighted by atomic mass is 9.99. The monoisotopic (exact) mass is 771 g/mol. The second kappa shape index (κ2) is 16.9. The van der Waals surface area contributed by atoms with E-state index in [1.54, 1.807) is 29.3 Å². The number of nitrogens with one attached hydrogen (secondary N) is 1. The van der Waals surface area contributed by atoms with Gasteiger partial charge < -0.3 is 28.6 Å². The third kappa shape index (κ3) is 9.21. The number of halogens is 3. The lowest BCUT2D eigenvalue weighted by Gasteiger charge is -2.35. The van der Waals surface area contributed by atoms with Crippen molar-refractivity contribution in [1.82, 2.24) is 24.8 Å². The van der Waals surface area contributed by atoms with E-state index in [1.807, 2.05) is 32.9 Å². The fraction of sp³-hybridized carbons (Fsp3) is 0.432. The number of anilines is 1. The van der Waals surface area contributed by atoms with Crippen LogP contribution in [0.2, 0.25) is 0 Å². The standard InChI is InChI=1S/C37H43F3N6O7S/c1-37(2,3)53-36(48)44-14-12-43(13-15-44)16-17-51-18-19-52-27-6-4-24(5-7-27)25-20-28-29(22-42-35(28)41-21-25)34(47)32-30(39)8-9-31(33(32)40)46(54(49)50)45-11-10-26(38)23-45/h4-9,20-22,26H,10-19,23H2,1-3H3,(H,41,42)(H,49,50)/p-1/t26-/m1/s1. The molecular weight excluding hydrogens is 730 g/mol. The second-order valence-electron chi connectivity index (χ2n) is 14.0. The summed E-state index contributed by atoms with van der Waals surface area (Å²) in [6.45, 7) is 9.94. The van der Waals surface area contributed by atoms with Gasteiger partial charge in [0.05, 0.1) is 36.6 Å². The molecule has 54 heavy (non-hydrogen) atoms. The zero-order chi connectivity index (χ0) is 38.6. The number of piperazine rings is 1. The highest BCUT2D eigenvalue weighted by Gasteiger charge is 2.33. The van der Waals surface area contributed by atoms with Gasteiger partial charge >= 0.3 is 6.09 Å². The molecule has 4 aromatic rings. The molecule has 0 aliphatic carbocycles. The number of pyridine rings is 1. The molecule has 2 atom stereocenters. The molecule has 0 bridgehead atoms. The quantitative estimate of drug-likeness (QED) is 0.109. The van der Waals surface area contributed by atoms with Crippen LogP contribution in [0.15, 0.2) is 54.9 Å². The molecule has 290 valence electrons. The van der Waals surface area contributed by atoms with Crippen molar-refractivity contribution in [1.29, 1.82) is 0 Å². The van der Waals surface area contributed by atoms with Gasteiger partial charge in [-0.25, -0.2) is 32.4 Å². The summed E-state index contributed by atoms with van der Waals surface area (Å²) in [5, 5.41) is 1.39. The van der Waals surface area contributed by atoms with E-state index < -0.39 is 51.7 Å². The van der Waals surface area contributed by atoms with Gasteiger partial charge in [-0.05, 0) is 63.1 Å². The van der Waals surface area contributed by atoms with Crippen molar-refractivity contribution < 1.29 is 45.7 Å². The van der Waals surface area contributed by atoms with Crippen molar-refractivity contribution >= 4 is 39.9 Å². The minimum absolute atomic E-state index is 0.00624. The van der Waals surface area contributed by atoms with E-state index in [2.05, 4.69) is 14.9 Å². The number of aromatic amines is 1. The molecule has 2 aliphatic rings. The number of carbonyl (C=O) groups excluding carboxylic acids is 2. The number of hydrogen-bond donors (Lipinski definition) is 1. The van der Waals surface area contributed by atoms with Gasteiger partial charge in [-0.1, -0.05) is 12.1 Å². The van der Waals surface area contributed by atoms with Crippen LogP contribution in [0.5, 0.6) is 5.75 Å². The number of benzene rings is 2. The van der Waals surface area contributed by atoms with E-state index >= 15 is 8.78 Å². The molecule has 0 radical (unpaired) electrons. The Morgan fingerprint density at radius 1 is 1.02 bits per heavy atom. The molecule has 0 saturated carbocycles. The first-order valence-electron chi connectivity index (χ1n) is 17.6. The molecule has 2 saturated heterocycles. The highest BCUT2D eigenvalue weighted by Crippen LogP contribution is 2.33. The SMILES string of the molecule is CC(C)(C)OC(=O)N1CCN(CCOCCOc2ccc(-c3cnc4[nH]cc(C(=O)c5c(F)ccc(N(N6CC[C@@H](F)C6)S(=O)[O-])c5F)c4c3)cc2)CC1. The maximum absolute atomic E-state index is 15.9. The van der Waals surface area contributed by atoms with Crippen LogP contribution in [0.4, 0.5) is 23.7 Å². The summed E-state index contributed by atoms with van der Waals surface area (Å²) in [4.78, 5) is 37.1. The number of ether oxygens (including phenoxy) is 3. The summed E-state index contributed by atoms with van der Waals surface area (Å²) < 4.78 is 86.5. The van der Waals surface area contributed by atoms with Crippen LogP contribution in [0.1, 0.15) is 43.1 Å². The van der Waals surface area contributed by atoms with E-state index in [0.717, 1.165) is 42.3 Å². The van der Waals surface area contributed by atoms with E-state index in [4.69, 9.17) is 14.2 Å².